The topological polar surface area (TPSA) is 61.0 Å². The van der Waals surface area contributed by atoms with E-state index >= 15 is 0 Å². The van der Waals surface area contributed by atoms with E-state index in [0.29, 0.717) is 0 Å². The zero-order chi connectivity index (χ0) is 16.9. The molecule has 24 heavy (non-hydrogen) atoms. The van der Waals surface area contributed by atoms with E-state index in [-0.39, 0.29) is 11.9 Å². The van der Waals surface area contributed by atoms with Crippen molar-refractivity contribution in [3.63, 3.8) is 0 Å². The summed E-state index contributed by atoms with van der Waals surface area (Å²) >= 11 is 0. The molecule has 1 amide bonds. The molecule has 0 spiro atoms. The van der Waals surface area contributed by atoms with Gasteiger partial charge in [-0.1, -0.05) is 30.3 Å². The monoisotopic (exact) mass is 324 g/mol. The van der Waals surface area contributed by atoms with E-state index in [4.69, 9.17) is 0 Å². The summed E-state index contributed by atoms with van der Waals surface area (Å²) in [5.74, 6) is 1.02. The standard InChI is InChI=1S/C19H24N4O/c1-14(12-16-6-4-3-5-7-16)19(24)20-17-8-10-23(11-9-17)18-13-15(2)21-22-18/h3-7,12-13,17H,8-11H2,1-2H3,(H,20,24)(H,21,22). The lowest BCUT2D eigenvalue weighted by Gasteiger charge is -2.32. The molecule has 1 aliphatic heterocycles. The molecule has 0 aliphatic carbocycles. The van der Waals surface area contributed by atoms with Crippen LogP contribution in [0.4, 0.5) is 5.82 Å². The maximum Gasteiger partial charge on any atom is 0.247 e. The lowest BCUT2D eigenvalue weighted by Crippen LogP contribution is -2.45. The summed E-state index contributed by atoms with van der Waals surface area (Å²) in [6.07, 6.45) is 3.81. The number of nitrogens with zero attached hydrogens (tertiary/aromatic N) is 2. The molecule has 5 heteroatoms. The van der Waals surface area contributed by atoms with Crippen LogP contribution in [0.3, 0.4) is 0 Å². The quantitative estimate of drug-likeness (QED) is 0.850. The number of piperidine rings is 1. The van der Waals surface area contributed by atoms with Gasteiger partial charge in [-0.15, -0.1) is 0 Å². The zero-order valence-electron chi connectivity index (χ0n) is 14.2. The van der Waals surface area contributed by atoms with Crippen LogP contribution in [0.5, 0.6) is 0 Å². The van der Waals surface area contributed by atoms with Gasteiger partial charge in [0.15, 0.2) is 5.82 Å². The van der Waals surface area contributed by atoms with Crippen LogP contribution in [0.25, 0.3) is 6.08 Å². The first-order chi connectivity index (χ1) is 11.6. The first-order valence-corrected chi connectivity index (χ1v) is 8.43. The average molecular weight is 324 g/mol. The van der Waals surface area contributed by atoms with E-state index in [1.54, 1.807) is 0 Å². The fourth-order valence-corrected chi connectivity index (χ4v) is 2.98. The SMILES string of the molecule is CC(=Cc1ccccc1)C(=O)NC1CCN(c2cc(C)[nH]n2)CC1. The summed E-state index contributed by atoms with van der Waals surface area (Å²) in [4.78, 5) is 14.6. The van der Waals surface area contributed by atoms with E-state index < -0.39 is 0 Å². The van der Waals surface area contributed by atoms with Crippen molar-refractivity contribution in [3.05, 3.63) is 53.2 Å². The van der Waals surface area contributed by atoms with Gasteiger partial charge < -0.3 is 10.2 Å². The van der Waals surface area contributed by atoms with Crippen molar-refractivity contribution in [2.45, 2.75) is 32.7 Å². The Morgan fingerprint density at radius 3 is 2.62 bits per heavy atom. The Balaban J connectivity index is 1.52. The molecule has 2 N–H and O–H groups in total. The molecule has 2 heterocycles. The third kappa shape index (κ3) is 4.04. The fourth-order valence-electron chi connectivity index (χ4n) is 2.98. The molecule has 0 atom stereocenters. The van der Waals surface area contributed by atoms with Gasteiger partial charge in [-0.3, -0.25) is 9.89 Å². The third-order valence-electron chi connectivity index (χ3n) is 4.39. The van der Waals surface area contributed by atoms with Crippen molar-refractivity contribution in [3.8, 4) is 0 Å². The molecule has 1 aliphatic rings. The van der Waals surface area contributed by atoms with Crippen molar-refractivity contribution >= 4 is 17.8 Å². The number of hydrogen-bond acceptors (Lipinski definition) is 3. The summed E-state index contributed by atoms with van der Waals surface area (Å²) < 4.78 is 0. The minimum atomic E-state index is 0.0212. The number of benzene rings is 1. The lowest BCUT2D eigenvalue weighted by molar-refractivity contribution is -0.118. The second kappa shape index (κ2) is 7.34. The molecule has 0 unspecified atom stereocenters. The molecule has 126 valence electrons. The number of aryl methyl sites for hydroxylation is 1. The summed E-state index contributed by atoms with van der Waals surface area (Å²) in [7, 11) is 0. The highest BCUT2D eigenvalue weighted by Gasteiger charge is 2.22. The van der Waals surface area contributed by atoms with Crippen LogP contribution >= 0.6 is 0 Å². The second-order valence-corrected chi connectivity index (χ2v) is 6.38. The summed E-state index contributed by atoms with van der Waals surface area (Å²) in [6, 6.07) is 12.2. The van der Waals surface area contributed by atoms with Crippen LogP contribution in [0.15, 0.2) is 42.0 Å². The number of aromatic amines is 1. The maximum atomic E-state index is 12.4. The Morgan fingerprint density at radius 2 is 2.00 bits per heavy atom. The van der Waals surface area contributed by atoms with E-state index in [2.05, 4.69) is 26.5 Å². The Labute approximate surface area is 142 Å². The van der Waals surface area contributed by atoms with E-state index in [1.807, 2.05) is 50.3 Å². The second-order valence-electron chi connectivity index (χ2n) is 6.38. The fraction of sp³-hybridized carbons (Fsp3) is 0.368. The number of nitrogens with one attached hydrogen (secondary N) is 2. The molecular formula is C19H24N4O. The number of H-pyrrole nitrogens is 1. The zero-order valence-corrected chi connectivity index (χ0v) is 14.2. The van der Waals surface area contributed by atoms with E-state index in [1.165, 1.54) is 0 Å². The van der Waals surface area contributed by atoms with Crippen LogP contribution in [0.1, 0.15) is 31.0 Å². The molecule has 0 bridgehead atoms. The predicted molar refractivity (Wildman–Crippen MR) is 96.8 cm³/mol. The van der Waals surface area contributed by atoms with Gasteiger partial charge in [-0.05, 0) is 38.3 Å². The molecule has 2 aromatic rings. The van der Waals surface area contributed by atoms with Crippen LogP contribution in [-0.4, -0.2) is 35.2 Å². The molecule has 1 saturated heterocycles. The van der Waals surface area contributed by atoms with E-state index in [0.717, 1.165) is 48.6 Å². The van der Waals surface area contributed by atoms with Crippen LogP contribution in [0.2, 0.25) is 0 Å². The van der Waals surface area contributed by atoms with Crippen molar-refractivity contribution < 1.29 is 4.79 Å². The van der Waals surface area contributed by atoms with Gasteiger partial charge >= 0.3 is 0 Å². The molecule has 0 radical (unpaired) electrons. The number of anilines is 1. The first kappa shape index (κ1) is 16.3. The van der Waals surface area contributed by atoms with Gasteiger partial charge in [-0.2, -0.15) is 5.10 Å². The molecule has 5 nitrogen and oxygen atoms in total. The summed E-state index contributed by atoms with van der Waals surface area (Å²) in [5.41, 5.74) is 2.86. The van der Waals surface area contributed by atoms with Gasteiger partial charge in [0.05, 0.1) is 0 Å². The minimum Gasteiger partial charge on any atom is -0.355 e. The average Bonchev–Trinajstić information content (AvgIpc) is 3.03. The molecular weight excluding hydrogens is 300 g/mol. The predicted octanol–water partition coefficient (Wildman–Crippen LogP) is 2.91. The van der Waals surface area contributed by atoms with Crippen molar-refractivity contribution in [2.75, 3.05) is 18.0 Å². The van der Waals surface area contributed by atoms with Crippen LogP contribution < -0.4 is 10.2 Å². The Bertz CT molecular complexity index is 712. The Hall–Kier alpha value is -2.56. The molecule has 3 rings (SSSR count). The first-order valence-electron chi connectivity index (χ1n) is 8.43. The Morgan fingerprint density at radius 1 is 1.29 bits per heavy atom. The smallest absolute Gasteiger partial charge is 0.247 e. The third-order valence-corrected chi connectivity index (χ3v) is 4.39. The molecule has 1 aromatic heterocycles. The van der Waals surface area contributed by atoms with Crippen molar-refractivity contribution in [1.82, 2.24) is 15.5 Å². The number of aromatic nitrogens is 2. The number of rotatable bonds is 4. The number of amides is 1. The van der Waals surface area contributed by atoms with Gasteiger partial charge in [0.1, 0.15) is 0 Å². The maximum absolute atomic E-state index is 12.4. The number of carbonyl (C=O) groups is 1. The lowest BCUT2D eigenvalue weighted by atomic mass is 10.0. The van der Waals surface area contributed by atoms with Gasteiger partial charge in [-0.25, -0.2) is 0 Å². The van der Waals surface area contributed by atoms with Crippen LogP contribution in [0, 0.1) is 6.92 Å². The molecule has 1 fully saturated rings. The van der Waals surface area contributed by atoms with Gasteiger partial charge in [0.2, 0.25) is 5.91 Å². The summed E-state index contributed by atoms with van der Waals surface area (Å²) in [6.45, 7) is 5.70. The normalized spacial score (nSPS) is 16.2. The van der Waals surface area contributed by atoms with Crippen molar-refractivity contribution in [2.24, 2.45) is 0 Å². The van der Waals surface area contributed by atoms with E-state index in [9.17, 15) is 4.79 Å². The molecule has 1 aromatic carbocycles. The minimum absolute atomic E-state index is 0.0212. The molecule has 0 saturated carbocycles. The van der Waals surface area contributed by atoms with Gasteiger partial charge in [0, 0.05) is 36.5 Å². The highest BCUT2D eigenvalue weighted by molar-refractivity contribution is 5.97. The van der Waals surface area contributed by atoms with Gasteiger partial charge in [0.25, 0.3) is 0 Å². The highest BCUT2D eigenvalue weighted by atomic mass is 16.1. The van der Waals surface area contributed by atoms with Crippen molar-refractivity contribution in [1.29, 1.82) is 0 Å². The van der Waals surface area contributed by atoms with Crippen LogP contribution in [-0.2, 0) is 4.79 Å². The highest BCUT2D eigenvalue weighted by Crippen LogP contribution is 2.18. The number of hydrogen-bond donors (Lipinski definition) is 2. The Kier molecular flexibility index (Phi) is 4.99. The number of carbonyl (C=O) groups excluding carboxylic acids is 1. The summed E-state index contributed by atoms with van der Waals surface area (Å²) in [5, 5.41) is 10.4. The largest absolute Gasteiger partial charge is 0.355 e.